The number of hydrogen-bond acceptors (Lipinski definition) is 3. The lowest BCUT2D eigenvalue weighted by Gasteiger charge is -2.40. The van der Waals surface area contributed by atoms with Gasteiger partial charge in [-0.15, -0.1) is 0 Å². The summed E-state index contributed by atoms with van der Waals surface area (Å²) in [6.07, 6.45) is -13.0. The molecule has 1 heterocycles. The van der Waals surface area contributed by atoms with E-state index >= 15 is 0 Å². The van der Waals surface area contributed by atoms with Gasteiger partial charge in [0, 0.05) is 36.9 Å². The molecule has 1 fully saturated rings. The zero-order valence-corrected chi connectivity index (χ0v) is 13.5. The normalized spacial score (nSPS) is 19.6. The van der Waals surface area contributed by atoms with Gasteiger partial charge in [-0.3, -0.25) is 0 Å². The van der Waals surface area contributed by atoms with Crippen molar-refractivity contribution in [1.29, 1.82) is 0 Å². The van der Waals surface area contributed by atoms with Crippen LogP contribution in [-0.4, -0.2) is 59.2 Å². The molecule has 2 N–H and O–H groups in total. The molecule has 11 heteroatoms. The van der Waals surface area contributed by atoms with Crippen LogP contribution >= 0.6 is 0 Å². The van der Waals surface area contributed by atoms with E-state index in [1.165, 1.54) is 4.90 Å². The number of amides is 1. The number of nitrogens with zero attached hydrogens (tertiary/aromatic N) is 2. The summed E-state index contributed by atoms with van der Waals surface area (Å²) in [5, 5.41) is 18.3. The van der Waals surface area contributed by atoms with Gasteiger partial charge in [0.25, 0.3) is 5.60 Å². The standard InChI is InChI=1S/C15H16F6N2O3/c1-9-8-22(12(24)25)6-7-23(9)11-4-2-10(3-5-11)13(26,14(16,17)18)15(19,20)21/h2-5,9,26H,6-8H2,1H3,(H,24,25)/t9-/m0/s1. The molecule has 1 aliphatic rings. The number of rotatable bonds is 2. The second kappa shape index (κ2) is 6.53. The van der Waals surface area contributed by atoms with E-state index < -0.39 is 29.6 Å². The molecule has 1 aromatic rings. The van der Waals surface area contributed by atoms with Gasteiger partial charge >= 0.3 is 18.4 Å². The van der Waals surface area contributed by atoms with Crippen molar-refractivity contribution in [1.82, 2.24) is 4.90 Å². The van der Waals surface area contributed by atoms with E-state index in [0.29, 0.717) is 17.8 Å². The first-order valence-corrected chi connectivity index (χ1v) is 7.50. The highest BCUT2D eigenvalue weighted by Crippen LogP contribution is 2.50. The number of alkyl halides is 6. The average molecular weight is 386 g/mol. The number of halogens is 6. The molecule has 0 aromatic heterocycles. The zero-order valence-electron chi connectivity index (χ0n) is 13.5. The minimum Gasteiger partial charge on any atom is -0.465 e. The van der Waals surface area contributed by atoms with E-state index in [1.807, 2.05) is 0 Å². The molecule has 2 rings (SSSR count). The Balaban J connectivity index is 2.29. The molecule has 0 saturated carbocycles. The number of piperazine rings is 1. The van der Waals surface area contributed by atoms with Gasteiger partial charge < -0.3 is 20.0 Å². The largest absolute Gasteiger partial charge is 0.465 e. The van der Waals surface area contributed by atoms with Crippen LogP contribution in [0.5, 0.6) is 0 Å². The Bertz CT molecular complexity index is 645. The lowest BCUT2D eigenvalue weighted by atomic mass is 9.92. The molecule has 0 unspecified atom stereocenters. The number of aliphatic hydroxyl groups is 1. The summed E-state index contributed by atoms with van der Waals surface area (Å²) in [5.41, 5.74) is -5.97. The van der Waals surface area contributed by atoms with Crippen molar-refractivity contribution < 1.29 is 41.4 Å². The third kappa shape index (κ3) is 3.39. The lowest BCUT2D eigenvalue weighted by Crippen LogP contribution is -2.54. The van der Waals surface area contributed by atoms with Crippen LogP contribution in [0.2, 0.25) is 0 Å². The van der Waals surface area contributed by atoms with Crippen LogP contribution in [0.1, 0.15) is 12.5 Å². The number of anilines is 1. The van der Waals surface area contributed by atoms with Crippen molar-refractivity contribution in [3.63, 3.8) is 0 Å². The zero-order chi connectivity index (χ0) is 19.9. The maximum Gasteiger partial charge on any atom is 0.430 e. The number of carbonyl (C=O) groups is 1. The van der Waals surface area contributed by atoms with Crippen LogP contribution in [0.15, 0.2) is 24.3 Å². The first-order valence-electron chi connectivity index (χ1n) is 7.50. The van der Waals surface area contributed by atoms with Gasteiger partial charge in [0.1, 0.15) is 0 Å². The van der Waals surface area contributed by atoms with Crippen LogP contribution in [0.3, 0.4) is 0 Å². The summed E-state index contributed by atoms with van der Waals surface area (Å²) < 4.78 is 77.3. The Morgan fingerprint density at radius 2 is 1.54 bits per heavy atom. The lowest BCUT2D eigenvalue weighted by molar-refractivity contribution is -0.376. The van der Waals surface area contributed by atoms with Gasteiger partial charge in [-0.1, -0.05) is 12.1 Å². The van der Waals surface area contributed by atoms with E-state index in [2.05, 4.69) is 0 Å². The van der Waals surface area contributed by atoms with Crippen molar-refractivity contribution in [2.75, 3.05) is 24.5 Å². The van der Waals surface area contributed by atoms with E-state index in [-0.39, 0.29) is 25.7 Å². The second-order valence-electron chi connectivity index (χ2n) is 6.02. The van der Waals surface area contributed by atoms with Gasteiger partial charge in [-0.25, -0.2) is 4.79 Å². The Morgan fingerprint density at radius 1 is 1.04 bits per heavy atom. The maximum atomic E-state index is 12.9. The third-order valence-corrected chi connectivity index (χ3v) is 4.34. The molecule has 0 radical (unpaired) electrons. The van der Waals surface area contributed by atoms with E-state index in [1.54, 1.807) is 11.8 Å². The number of benzene rings is 1. The first kappa shape index (κ1) is 20.1. The van der Waals surface area contributed by atoms with Gasteiger partial charge in [0.05, 0.1) is 0 Å². The summed E-state index contributed by atoms with van der Waals surface area (Å²) in [6, 6.07) is 2.92. The molecule has 0 spiro atoms. The van der Waals surface area contributed by atoms with Crippen molar-refractivity contribution in [3.8, 4) is 0 Å². The third-order valence-electron chi connectivity index (χ3n) is 4.34. The van der Waals surface area contributed by atoms with Crippen LogP contribution in [0, 0.1) is 0 Å². The molecule has 1 aromatic carbocycles. The Morgan fingerprint density at radius 3 is 1.92 bits per heavy atom. The van der Waals surface area contributed by atoms with Crippen LogP contribution < -0.4 is 4.90 Å². The number of hydrogen-bond donors (Lipinski definition) is 2. The van der Waals surface area contributed by atoms with E-state index in [0.717, 1.165) is 12.1 Å². The Kier molecular flexibility index (Phi) is 5.06. The van der Waals surface area contributed by atoms with Crippen LogP contribution in [0.4, 0.5) is 36.8 Å². The summed E-state index contributed by atoms with van der Waals surface area (Å²) in [4.78, 5) is 13.8. The molecule has 1 atom stereocenters. The van der Waals surface area contributed by atoms with Gasteiger partial charge in [-0.05, 0) is 19.1 Å². The van der Waals surface area contributed by atoms with Gasteiger partial charge in [0.2, 0.25) is 0 Å². The van der Waals surface area contributed by atoms with Crippen molar-refractivity contribution in [3.05, 3.63) is 29.8 Å². The minimum absolute atomic E-state index is 0.145. The minimum atomic E-state index is -5.94. The summed E-state index contributed by atoms with van der Waals surface area (Å²) in [7, 11) is 0. The maximum absolute atomic E-state index is 12.9. The molecular weight excluding hydrogens is 370 g/mol. The highest BCUT2D eigenvalue weighted by molar-refractivity contribution is 5.65. The van der Waals surface area contributed by atoms with Crippen molar-refractivity contribution in [2.24, 2.45) is 0 Å². The highest BCUT2D eigenvalue weighted by atomic mass is 19.4. The monoisotopic (exact) mass is 386 g/mol. The molecule has 0 bridgehead atoms. The highest BCUT2D eigenvalue weighted by Gasteiger charge is 2.71. The molecule has 0 aliphatic carbocycles. The topological polar surface area (TPSA) is 64.0 Å². The van der Waals surface area contributed by atoms with Gasteiger partial charge in [-0.2, -0.15) is 26.3 Å². The van der Waals surface area contributed by atoms with Gasteiger partial charge in [0.15, 0.2) is 0 Å². The molecule has 1 amide bonds. The molecule has 1 aliphatic heterocycles. The van der Waals surface area contributed by atoms with Crippen LogP contribution in [-0.2, 0) is 5.60 Å². The fraction of sp³-hybridized carbons (Fsp3) is 0.533. The summed E-state index contributed by atoms with van der Waals surface area (Å²) in [6.45, 7) is 2.21. The summed E-state index contributed by atoms with van der Waals surface area (Å²) >= 11 is 0. The van der Waals surface area contributed by atoms with Crippen LogP contribution in [0.25, 0.3) is 0 Å². The SMILES string of the molecule is C[C@H]1CN(C(=O)O)CCN1c1ccc(C(O)(C(F)(F)F)C(F)(F)F)cc1. The average Bonchev–Trinajstić information content (AvgIpc) is 2.52. The first-order chi connectivity index (χ1) is 11.8. The van der Waals surface area contributed by atoms with Crippen molar-refractivity contribution in [2.45, 2.75) is 30.9 Å². The molecule has 1 saturated heterocycles. The number of carboxylic acid groups (broad SMARTS) is 1. The Labute approximate surface area is 144 Å². The Hall–Kier alpha value is -2.17. The predicted octanol–water partition coefficient (Wildman–Crippen LogP) is 3.19. The second-order valence-corrected chi connectivity index (χ2v) is 6.02. The molecule has 5 nitrogen and oxygen atoms in total. The fourth-order valence-electron chi connectivity index (χ4n) is 2.90. The van der Waals surface area contributed by atoms with E-state index in [9.17, 15) is 36.2 Å². The smallest absolute Gasteiger partial charge is 0.430 e. The van der Waals surface area contributed by atoms with Crippen molar-refractivity contribution >= 4 is 11.8 Å². The predicted molar refractivity (Wildman–Crippen MR) is 78.9 cm³/mol. The fourth-order valence-corrected chi connectivity index (χ4v) is 2.90. The molecule has 146 valence electrons. The summed E-state index contributed by atoms with van der Waals surface area (Å²) in [5.74, 6) is 0. The quantitative estimate of drug-likeness (QED) is 0.767. The van der Waals surface area contributed by atoms with E-state index in [4.69, 9.17) is 5.11 Å². The molecular formula is C15H16F6N2O3. The molecule has 26 heavy (non-hydrogen) atoms.